The molecule has 0 amide bonds. The Bertz CT molecular complexity index is 788. The quantitative estimate of drug-likeness (QED) is 0.854. The molecule has 0 spiro atoms. The van der Waals surface area contributed by atoms with Crippen LogP contribution < -0.4 is 0 Å². The molecule has 6 nitrogen and oxygen atoms in total. The number of rotatable bonds is 2. The van der Waals surface area contributed by atoms with Crippen molar-refractivity contribution in [3.63, 3.8) is 0 Å². The number of aryl methyl sites for hydroxylation is 1. The fourth-order valence-electron chi connectivity index (χ4n) is 3.83. The highest BCUT2D eigenvalue weighted by Crippen LogP contribution is 2.48. The third-order valence-electron chi connectivity index (χ3n) is 4.82. The van der Waals surface area contributed by atoms with Crippen LogP contribution in [0.15, 0.2) is 18.6 Å². The third-order valence-corrected chi connectivity index (χ3v) is 5.15. The van der Waals surface area contributed by atoms with E-state index in [9.17, 15) is 4.79 Å². The minimum atomic E-state index is -0.691. The Morgan fingerprint density at radius 1 is 1.35 bits per heavy atom. The topological polar surface area (TPSA) is 66.2 Å². The zero-order chi connectivity index (χ0) is 16.4. The molecule has 4 atom stereocenters. The minimum absolute atomic E-state index is 0.00493. The lowest BCUT2D eigenvalue weighted by Crippen LogP contribution is -2.28. The number of carbonyl (C=O) groups is 1. The van der Waals surface area contributed by atoms with Crippen molar-refractivity contribution < 1.29 is 14.3 Å². The van der Waals surface area contributed by atoms with Crippen LogP contribution in [0.2, 0.25) is 0 Å². The van der Waals surface area contributed by atoms with Gasteiger partial charge in [0.2, 0.25) is 0 Å². The summed E-state index contributed by atoms with van der Waals surface area (Å²) in [5, 5.41) is 0.869. The maximum atomic E-state index is 11.9. The van der Waals surface area contributed by atoms with Crippen LogP contribution in [0.1, 0.15) is 32.0 Å². The van der Waals surface area contributed by atoms with Gasteiger partial charge in [-0.05, 0) is 33.3 Å². The molecule has 1 saturated heterocycles. The van der Waals surface area contributed by atoms with Gasteiger partial charge in [0.25, 0.3) is 0 Å². The summed E-state index contributed by atoms with van der Waals surface area (Å²) in [4.78, 5) is 20.6. The molecular formula is C16H19N3O3S. The number of thiol groups is 1. The molecule has 0 unspecified atom stereocenters. The van der Waals surface area contributed by atoms with E-state index in [1.54, 1.807) is 6.33 Å². The van der Waals surface area contributed by atoms with Crippen molar-refractivity contribution in [1.82, 2.24) is 14.5 Å². The van der Waals surface area contributed by atoms with Crippen LogP contribution >= 0.6 is 12.6 Å². The summed E-state index contributed by atoms with van der Waals surface area (Å²) in [5.74, 6) is -0.959. The first-order chi connectivity index (χ1) is 10.9. The predicted molar refractivity (Wildman–Crippen MR) is 87.2 cm³/mol. The lowest BCUT2D eigenvalue weighted by atomic mass is 10.1. The van der Waals surface area contributed by atoms with Gasteiger partial charge < -0.3 is 14.0 Å². The van der Waals surface area contributed by atoms with E-state index in [-0.39, 0.29) is 29.3 Å². The molecule has 23 heavy (non-hydrogen) atoms. The van der Waals surface area contributed by atoms with Gasteiger partial charge in [-0.3, -0.25) is 4.79 Å². The highest BCUT2D eigenvalue weighted by atomic mass is 32.1. The number of fused-ring (bicyclic) bond motifs is 2. The van der Waals surface area contributed by atoms with Gasteiger partial charge in [0.15, 0.2) is 10.9 Å². The zero-order valence-electron chi connectivity index (χ0n) is 13.3. The van der Waals surface area contributed by atoms with E-state index in [1.807, 2.05) is 33.0 Å². The Hall–Kier alpha value is -1.44. The first kappa shape index (κ1) is 15.1. The highest BCUT2D eigenvalue weighted by molar-refractivity contribution is 7.96. The van der Waals surface area contributed by atoms with Crippen molar-refractivity contribution in [2.75, 3.05) is 0 Å². The Morgan fingerprint density at radius 2 is 2.09 bits per heavy atom. The second-order valence-electron chi connectivity index (χ2n) is 6.73. The summed E-state index contributed by atoms with van der Waals surface area (Å²) in [5.41, 5.74) is 1.80. The number of carbonyl (C=O) groups excluding carboxylic acids is 1. The zero-order valence-corrected chi connectivity index (χ0v) is 14.2. The summed E-state index contributed by atoms with van der Waals surface area (Å²) in [6.45, 7) is 5.72. The molecule has 4 rings (SSSR count). The molecule has 1 aliphatic carbocycles. The van der Waals surface area contributed by atoms with E-state index in [0.717, 1.165) is 16.7 Å². The highest BCUT2D eigenvalue weighted by Gasteiger charge is 2.56. The number of hydrogen-bond acceptors (Lipinski definition) is 5. The molecule has 2 fully saturated rings. The van der Waals surface area contributed by atoms with Crippen LogP contribution in [0.25, 0.3) is 11.0 Å². The van der Waals surface area contributed by atoms with E-state index in [4.69, 9.17) is 9.47 Å². The maximum Gasteiger partial charge on any atom is 0.191 e. The average Bonchev–Trinajstić information content (AvgIpc) is 3.09. The largest absolute Gasteiger partial charge is 0.344 e. The van der Waals surface area contributed by atoms with Crippen molar-refractivity contribution in [2.24, 2.45) is 5.92 Å². The second kappa shape index (κ2) is 5.03. The van der Waals surface area contributed by atoms with Gasteiger partial charge in [0.1, 0.15) is 18.1 Å². The van der Waals surface area contributed by atoms with Gasteiger partial charge in [0, 0.05) is 11.6 Å². The van der Waals surface area contributed by atoms with Crippen LogP contribution in [0.5, 0.6) is 0 Å². The third kappa shape index (κ3) is 2.29. The van der Waals surface area contributed by atoms with Crippen LogP contribution in [0.4, 0.5) is 0 Å². The van der Waals surface area contributed by atoms with Crippen molar-refractivity contribution in [3.05, 3.63) is 24.3 Å². The number of aromatic nitrogens is 3. The van der Waals surface area contributed by atoms with E-state index >= 15 is 0 Å². The number of ether oxygens (including phenoxy) is 2. The lowest BCUT2D eigenvalue weighted by molar-refractivity contribution is -0.161. The average molecular weight is 333 g/mol. The second-order valence-corrected chi connectivity index (χ2v) is 7.17. The predicted octanol–water partition coefficient (Wildman–Crippen LogP) is 2.28. The maximum absolute atomic E-state index is 11.9. The van der Waals surface area contributed by atoms with Crippen LogP contribution in [-0.4, -0.2) is 37.6 Å². The van der Waals surface area contributed by atoms with Gasteiger partial charge in [0.05, 0.1) is 23.8 Å². The molecule has 0 bridgehead atoms. The van der Waals surface area contributed by atoms with Gasteiger partial charge in [-0.1, -0.05) is 0 Å². The molecule has 2 aliphatic rings. The van der Waals surface area contributed by atoms with Gasteiger partial charge in [-0.25, -0.2) is 9.97 Å². The van der Waals surface area contributed by atoms with Crippen molar-refractivity contribution in [1.29, 1.82) is 0 Å². The number of nitrogens with zero attached hydrogens (tertiary/aromatic N) is 3. The Kier molecular flexibility index (Phi) is 3.30. The molecule has 0 N–H and O–H groups in total. The molecule has 0 radical (unpaired) electrons. The summed E-state index contributed by atoms with van der Waals surface area (Å²) in [7, 11) is 0. The van der Waals surface area contributed by atoms with Crippen LogP contribution in [0.3, 0.4) is 0 Å². The van der Waals surface area contributed by atoms with E-state index in [2.05, 4.69) is 27.2 Å². The normalized spacial score (nSPS) is 32.3. The SMILES string of the molecule is Cc1ncnc2c1ccn2[C@@H]1C[C@H](C(=O)S)[C@H]2OC(C)(C)O[C@H]21. The minimum Gasteiger partial charge on any atom is -0.344 e. The van der Waals surface area contributed by atoms with E-state index in [0.29, 0.717) is 6.42 Å². The fourth-order valence-corrected chi connectivity index (χ4v) is 4.08. The Morgan fingerprint density at radius 3 is 2.83 bits per heavy atom. The first-order valence-electron chi connectivity index (χ1n) is 7.74. The molecule has 122 valence electrons. The van der Waals surface area contributed by atoms with Crippen LogP contribution in [-0.2, 0) is 14.3 Å². The van der Waals surface area contributed by atoms with Crippen molar-refractivity contribution in [3.8, 4) is 0 Å². The molecular weight excluding hydrogens is 314 g/mol. The van der Waals surface area contributed by atoms with Crippen LogP contribution in [0, 0.1) is 12.8 Å². The lowest BCUT2D eigenvalue weighted by Gasteiger charge is -2.24. The van der Waals surface area contributed by atoms with Gasteiger partial charge in [-0.2, -0.15) is 0 Å². The van der Waals surface area contributed by atoms with E-state index in [1.165, 1.54) is 0 Å². The molecule has 1 aliphatic heterocycles. The molecule has 7 heteroatoms. The van der Waals surface area contributed by atoms with Gasteiger partial charge >= 0.3 is 0 Å². The fraction of sp³-hybridized carbons (Fsp3) is 0.562. The summed E-state index contributed by atoms with van der Waals surface area (Å²) in [6.07, 6.45) is 3.75. The van der Waals surface area contributed by atoms with Crippen molar-refractivity contribution in [2.45, 2.75) is 51.2 Å². The Balaban J connectivity index is 1.78. The molecule has 0 aromatic carbocycles. The van der Waals surface area contributed by atoms with E-state index < -0.39 is 5.79 Å². The Labute approximate surface area is 139 Å². The monoisotopic (exact) mass is 333 g/mol. The van der Waals surface area contributed by atoms with Crippen molar-refractivity contribution >= 4 is 28.8 Å². The summed E-state index contributed by atoms with van der Waals surface area (Å²) >= 11 is 4.05. The summed E-state index contributed by atoms with van der Waals surface area (Å²) in [6, 6.07) is 2.01. The van der Waals surface area contributed by atoms with Gasteiger partial charge in [-0.15, -0.1) is 12.6 Å². The standard InChI is InChI=1S/C16H19N3O3S/c1-8-9-4-5-19(14(9)18-7-17-8)11-6-10(15(20)23)12-13(11)22-16(2,3)21-12/h4-5,7,10-13H,6H2,1-3H3,(H,20,23)/t10-,11+,12+,13-/m0/s1. The molecule has 2 aromatic rings. The molecule has 1 saturated carbocycles. The summed E-state index contributed by atoms with van der Waals surface area (Å²) < 4.78 is 14.2. The molecule has 3 heterocycles. The smallest absolute Gasteiger partial charge is 0.191 e. The molecule has 2 aromatic heterocycles. The first-order valence-corrected chi connectivity index (χ1v) is 8.19. The number of hydrogen-bond donors (Lipinski definition) is 1.